The van der Waals surface area contributed by atoms with Crippen molar-refractivity contribution in [3.05, 3.63) is 41.0 Å². The van der Waals surface area contributed by atoms with Gasteiger partial charge in [-0.25, -0.2) is 9.07 Å². The molecular weight excluding hydrogens is 223 g/mol. The summed E-state index contributed by atoms with van der Waals surface area (Å²) in [5.41, 5.74) is 1.08. The van der Waals surface area contributed by atoms with Crippen LogP contribution in [0.25, 0.3) is 0 Å². The lowest BCUT2D eigenvalue weighted by atomic mass is 10.0. The molecule has 0 aliphatic rings. The number of halogens is 1. The Labute approximate surface area is 97.9 Å². The second-order valence-electron chi connectivity index (χ2n) is 3.96. The molecule has 1 unspecified atom stereocenters. The van der Waals surface area contributed by atoms with Crippen LogP contribution in [0.1, 0.15) is 23.1 Å². The van der Waals surface area contributed by atoms with E-state index in [2.05, 4.69) is 15.5 Å². The summed E-state index contributed by atoms with van der Waals surface area (Å²) in [6.45, 7) is 1.80. The van der Waals surface area contributed by atoms with Crippen molar-refractivity contribution in [2.75, 3.05) is 0 Å². The highest BCUT2D eigenvalue weighted by Crippen LogP contribution is 2.20. The van der Waals surface area contributed by atoms with Gasteiger partial charge in [-0.2, -0.15) is 0 Å². The molecule has 0 spiro atoms. The summed E-state index contributed by atoms with van der Waals surface area (Å²) >= 11 is 0. The van der Waals surface area contributed by atoms with E-state index < -0.39 is 11.9 Å². The largest absolute Gasteiger partial charge is 0.388 e. The van der Waals surface area contributed by atoms with E-state index in [1.165, 1.54) is 10.7 Å². The fourth-order valence-corrected chi connectivity index (χ4v) is 1.61. The second-order valence-corrected chi connectivity index (χ2v) is 3.96. The van der Waals surface area contributed by atoms with Crippen LogP contribution in [0.3, 0.4) is 0 Å². The lowest BCUT2D eigenvalue weighted by molar-refractivity contribution is 0.169. The molecule has 5 nitrogen and oxygen atoms in total. The molecule has 0 radical (unpaired) electrons. The molecule has 0 saturated heterocycles. The Morgan fingerprint density at radius 2 is 2.24 bits per heavy atom. The summed E-state index contributed by atoms with van der Waals surface area (Å²) in [6, 6.07) is 4.74. The minimum Gasteiger partial charge on any atom is -0.388 e. The van der Waals surface area contributed by atoms with Crippen LogP contribution in [0.15, 0.2) is 18.2 Å². The fraction of sp³-hybridized carbons (Fsp3) is 0.364. The number of nitrogens with zero attached hydrogens (tertiary/aromatic N) is 4. The van der Waals surface area contributed by atoms with Gasteiger partial charge in [-0.3, -0.25) is 0 Å². The second kappa shape index (κ2) is 4.58. The number of hydrogen-bond donors (Lipinski definition) is 1. The van der Waals surface area contributed by atoms with Crippen molar-refractivity contribution in [3.63, 3.8) is 0 Å². The summed E-state index contributed by atoms with van der Waals surface area (Å²) in [6.07, 6.45) is -0.760. The van der Waals surface area contributed by atoms with Gasteiger partial charge in [0.25, 0.3) is 0 Å². The lowest BCUT2D eigenvalue weighted by Gasteiger charge is -2.11. The summed E-state index contributed by atoms with van der Waals surface area (Å²) in [7, 11) is 1.67. The van der Waals surface area contributed by atoms with E-state index in [0.717, 1.165) is 5.56 Å². The highest BCUT2D eigenvalue weighted by atomic mass is 19.1. The summed E-state index contributed by atoms with van der Waals surface area (Å²) < 4.78 is 15.1. The van der Waals surface area contributed by atoms with E-state index in [9.17, 15) is 9.50 Å². The summed E-state index contributed by atoms with van der Waals surface area (Å²) in [5, 5.41) is 20.8. The van der Waals surface area contributed by atoms with Gasteiger partial charge in [-0.05, 0) is 29.0 Å². The van der Waals surface area contributed by atoms with Gasteiger partial charge in [0.2, 0.25) is 0 Å². The molecule has 17 heavy (non-hydrogen) atoms. The van der Waals surface area contributed by atoms with Crippen LogP contribution < -0.4 is 0 Å². The number of aryl methyl sites for hydroxylation is 2. The zero-order valence-corrected chi connectivity index (χ0v) is 9.63. The van der Waals surface area contributed by atoms with Crippen molar-refractivity contribution >= 4 is 0 Å². The Kier molecular flexibility index (Phi) is 3.14. The van der Waals surface area contributed by atoms with Crippen molar-refractivity contribution in [2.24, 2.45) is 7.05 Å². The molecule has 2 rings (SSSR count). The summed E-state index contributed by atoms with van der Waals surface area (Å²) in [5.74, 6) is 0.102. The quantitative estimate of drug-likeness (QED) is 0.861. The molecular formula is C11H13FN4O. The van der Waals surface area contributed by atoms with Crippen molar-refractivity contribution in [1.29, 1.82) is 0 Å². The van der Waals surface area contributed by atoms with Crippen molar-refractivity contribution < 1.29 is 9.50 Å². The Balaban J connectivity index is 2.20. The smallest absolute Gasteiger partial charge is 0.153 e. The van der Waals surface area contributed by atoms with Gasteiger partial charge < -0.3 is 5.11 Å². The number of aromatic nitrogens is 4. The fourth-order valence-electron chi connectivity index (χ4n) is 1.61. The van der Waals surface area contributed by atoms with E-state index in [1.54, 1.807) is 26.1 Å². The molecule has 0 fully saturated rings. The first-order valence-corrected chi connectivity index (χ1v) is 5.23. The van der Waals surface area contributed by atoms with E-state index in [-0.39, 0.29) is 12.0 Å². The van der Waals surface area contributed by atoms with Gasteiger partial charge in [0.05, 0.1) is 6.10 Å². The van der Waals surface area contributed by atoms with Crippen LogP contribution >= 0.6 is 0 Å². The zero-order chi connectivity index (χ0) is 12.4. The number of benzene rings is 1. The lowest BCUT2D eigenvalue weighted by Crippen LogP contribution is -2.09. The molecule has 90 valence electrons. The van der Waals surface area contributed by atoms with Gasteiger partial charge in [-0.1, -0.05) is 12.1 Å². The molecule has 2 aromatic rings. The first kappa shape index (κ1) is 11.7. The average Bonchev–Trinajstić information content (AvgIpc) is 2.64. The number of hydrogen-bond acceptors (Lipinski definition) is 4. The minimum atomic E-state index is -0.944. The number of aliphatic hydroxyl groups is 1. The van der Waals surface area contributed by atoms with Gasteiger partial charge in [0, 0.05) is 19.0 Å². The molecule has 1 aromatic carbocycles. The molecule has 1 atom stereocenters. The van der Waals surface area contributed by atoms with E-state index in [4.69, 9.17) is 0 Å². The molecule has 1 heterocycles. The molecule has 1 N–H and O–H groups in total. The van der Waals surface area contributed by atoms with Crippen LogP contribution in [-0.4, -0.2) is 25.3 Å². The predicted molar refractivity (Wildman–Crippen MR) is 58.6 cm³/mol. The third-order valence-corrected chi connectivity index (χ3v) is 2.60. The topological polar surface area (TPSA) is 63.8 Å². The maximum atomic E-state index is 13.6. The predicted octanol–water partition coefficient (Wildman–Crippen LogP) is 0.934. The van der Waals surface area contributed by atoms with Gasteiger partial charge in [-0.15, -0.1) is 5.10 Å². The van der Waals surface area contributed by atoms with Crippen LogP contribution in [0.5, 0.6) is 0 Å². The van der Waals surface area contributed by atoms with E-state index >= 15 is 0 Å². The molecule has 0 aliphatic heterocycles. The van der Waals surface area contributed by atoms with Crippen molar-refractivity contribution in [2.45, 2.75) is 19.4 Å². The SMILES string of the molecule is Cc1ccc(C(O)Cc2nnnn2C)c(F)c1. The zero-order valence-electron chi connectivity index (χ0n) is 9.63. The summed E-state index contributed by atoms with van der Waals surface area (Å²) in [4.78, 5) is 0. The van der Waals surface area contributed by atoms with Crippen molar-refractivity contribution in [1.82, 2.24) is 20.2 Å². The Morgan fingerprint density at radius 3 is 2.82 bits per heavy atom. The molecule has 6 heteroatoms. The third kappa shape index (κ3) is 2.47. The minimum absolute atomic E-state index is 0.184. The highest BCUT2D eigenvalue weighted by Gasteiger charge is 2.16. The highest BCUT2D eigenvalue weighted by molar-refractivity contribution is 5.25. The first-order chi connectivity index (χ1) is 8.08. The van der Waals surface area contributed by atoms with Crippen molar-refractivity contribution in [3.8, 4) is 0 Å². The molecule has 0 amide bonds. The molecule has 0 aliphatic carbocycles. The van der Waals surface area contributed by atoms with Crippen LogP contribution in [-0.2, 0) is 13.5 Å². The Morgan fingerprint density at radius 1 is 1.47 bits per heavy atom. The third-order valence-electron chi connectivity index (χ3n) is 2.60. The molecule has 0 bridgehead atoms. The maximum Gasteiger partial charge on any atom is 0.153 e. The normalized spacial score (nSPS) is 12.7. The Bertz CT molecular complexity index is 526. The van der Waals surface area contributed by atoms with Crippen LogP contribution in [0, 0.1) is 12.7 Å². The van der Waals surface area contributed by atoms with Gasteiger partial charge >= 0.3 is 0 Å². The first-order valence-electron chi connectivity index (χ1n) is 5.23. The van der Waals surface area contributed by atoms with Gasteiger partial charge in [0.15, 0.2) is 5.82 Å². The standard InChI is InChI=1S/C11H13FN4O/c1-7-3-4-8(9(12)5-7)10(17)6-11-13-14-15-16(11)2/h3-5,10,17H,6H2,1-2H3. The number of rotatable bonds is 3. The molecule has 0 saturated carbocycles. The monoisotopic (exact) mass is 236 g/mol. The number of aliphatic hydroxyl groups excluding tert-OH is 1. The van der Waals surface area contributed by atoms with Gasteiger partial charge in [0.1, 0.15) is 5.82 Å². The van der Waals surface area contributed by atoms with E-state index in [0.29, 0.717) is 5.82 Å². The number of tetrazole rings is 1. The van der Waals surface area contributed by atoms with E-state index in [1.807, 2.05) is 0 Å². The van der Waals surface area contributed by atoms with Crippen LogP contribution in [0.4, 0.5) is 4.39 Å². The molecule has 1 aromatic heterocycles. The van der Waals surface area contributed by atoms with Crippen LogP contribution in [0.2, 0.25) is 0 Å². The average molecular weight is 236 g/mol. The maximum absolute atomic E-state index is 13.6. The Hall–Kier alpha value is -1.82.